The molecule has 3 nitrogen and oxygen atoms in total. The molecular weight excluding hydrogens is 313 g/mol. The van der Waals surface area contributed by atoms with Crippen LogP contribution < -0.4 is 11.1 Å². The van der Waals surface area contributed by atoms with Gasteiger partial charge in [-0.25, -0.2) is 4.99 Å². The quantitative estimate of drug-likeness (QED) is 0.358. The first-order chi connectivity index (χ1) is 7.08. The zero-order valence-corrected chi connectivity index (χ0v) is 12.7. The van der Waals surface area contributed by atoms with Gasteiger partial charge in [0.2, 0.25) is 0 Å². The number of hydrogen-bond donors (Lipinski definition) is 2. The van der Waals surface area contributed by atoms with Crippen LogP contribution in [0.2, 0.25) is 0 Å². The van der Waals surface area contributed by atoms with Crippen LogP contribution in [-0.4, -0.2) is 19.0 Å². The van der Waals surface area contributed by atoms with E-state index in [0.717, 1.165) is 24.0 Å². The molecule has 0 amide bonds. The fraction of sp³-hybridized carbons (Fsp3) is 0.750. The average molecular weight is 337 g/mol. The minimum atomic E-state index is 0. The standard InChI is InChI=1S/C12H23N3.HI/c1-9(2)7-14-12(13)15-8-11-5-4-10(3)6-11;/h10-11H,1,4-8H2,2-3H3,(H3,13,14,15);1H. The van der Waals surface area contributed by atoms with Gasteiger partial charge in [0.15, 0.2) is 5.96 Å². The van der Waals surface area contributed by atoms with Crippen LogP contribution in [-0.2, 0) is 0 Å². The molecule has 0 aromatic rings. The van der Waals surface area contributed by atoms with E-state index < -0.39 is 0 Å². The molecule has 0 radical (unpaired) electrons. The zero-order chi connectivity index (χ0) is 11.3. The number of nitrogens with two attached hydrogens (primary N) is 1. The number of nitrogens with zero attached hydrogens (tertiary/aromatic N) is 1. The van der Waals surface area contributed by atoms with E-state index in [2.05, 4.69) is 23.8 Å². The molecule has 2 unspecified atom stereocenters. The summed E-state index contributed by atoms with van der Waals surface area (Å²) in [6.45, 7) is 9.65. The van der Waals surface area contributed by atoms with Crippen LogP contribution in [0.1, 0.15) is 33.1 Å². The lowest BCUT2D eigenvalue weighted by molar-refractivity contribution is 0.505. The molecule has 0 bridgehead atoms. The lowest BCUT2D eigenvalue weighted by Crippen LogP contribution is -2.35. The molecule has 1 aliphatic rings. The highest BCUT2D eigenvalue weighted by molar-refractivity contribution is 14.0. The average Bonchev–Trinajstić information content (AvgIpc) is 2.58. The maximum Gasteiger partial charge on any atom is 0.188 e. The highest BCUT2D eigenvalue weighted by Gasteiger charge is 2.20. The monoisotopic (exact) mass is 337 g/mol. The van der Waals surface area contributed by atoms with E-state index in [1.54, 1.807) is 0 Å². The first-order valence-corrected chi connectivity index (χ1v) is 5.76. The number of halogens is 1. The van der Waals surface area contributed by atoms with E-state index in [9.17, 15) is 0 Å². The Bertz CT molecular complexity index is 251. The van der Waals surface area contributed by atoms with Crippen LogP contribution >= 0.6 is 24.0 Å². The second-order valence-corrected chi connectivity index (χ2v) is 4.82. The van der Waals surface area contributed by atoms with Crippen molar-refractivity contribution in [1.82, 2.24) is 5.32 Å². The Labute approximate surface area is 116 Å². The van der Waals surface area contributed by atoms with Gasteiger partial charge in [0.1, 0.15) is 0 Å². The van der Waals surface area contributed by atoms with Gasteiger partial charge in [-0.1, -0.05) is 25.5 Å². The van der Waals surface area contributed by atoms with Crippen molar-refractivity contribution in [2.45, 2.75) is 33.1 Å². The minimum absolute atomic E-state index is 0. The van der Waals surface area contributed by atoms with Crippen molar-refractivity contribution in [1.29, 1.82) is 0 Å². The van der Waals surface area contributed by atoms with Gasteiger partial charge < -0.3 is 11.1 Å². The van der Waals surface area contributed by atoms with E-state index in [0.29, 0.717) is 12.5 Å². The van der Waals surface area contributed by atoms with Crippen LogP contribution in [0.4, 0.5) is 0 Å². The summed E-state index contributed by atoms with van der Waals surface area (Å²) in [5.41, 5.74) is 6.77. The van der Waals surface area contributed by atoms with E-state index in [-0.39, 0.29) is 24.0 Å². The van der Waals surface area contributed by atoms with Crippen molar-refractivity contribution < 1.29 is 0 Å². The van der Waals surface area contributed by atoms with Crippen molar-refractivity contribution in [3.05, 3.63) is 12.2 Å². The summed E-state index contributed by atoms with van der Waals surface area (Å²) in [5, 5.41) is 3.19. The van der Waals surface area contributed by atoms with Crippen molar-refractivity contribution in [3.63, 3.8) is 0 Å². The van der Waals surface area contributed by atoms with Crippen LogP contribution in [0.25, 0.3) is 0 Å². The summed E-state index contributed by atoms with van der Waals surface area (Å²) in [7, 11) is 0. The molecule has 0 spiro atoms. The number of guanidine groups is 1. The fourth-order valence-corrected chi connectivity index (χ4v) is 2.04. The van der Waals surface area contributed by atoms with E-state index in [1.807, 2.05) is 6.92 Å². The van der Waals surface area contributed by atoms with Crippen molar-refractivity contribution in [2.24, 2.45) is 22.6 Å². The lowest BCUT2D eigenvalue weighted by atomic mass is 10.1. The smallest absolute Gasteiger partial charge is 0.188 e. The summed E-state index contributed by atoms with van der Waals surface area (Å²) >= 11 is 0. The predicted molar refractivity (Wildman–Crippen MR) is 81.2 cm³/mol. The number of rotatable bonds is 4. The molecule has 16 heavy (non-hydrogen) atoms. The Morgan fingerprint density at radius 2 is 2.19 bits per heavy atom. The van der Waals surface area contributed by atoms with Gasteiger partial charge >= 0.3 is 0 Å². The normalized spacial score (nSPS) is 25.0. The summed E-state index contributed by atoms with van der Waals surface area (Å²) in [4.78, 5) is 4.19. The van der Waals surface area contributed by atoms with Gasteiger partial charge in [0.05, 0.1) is 6.54 Å². The highest BCUT2D eigenvalue weighted by Crippen LogP contribution is 2.29. The molecule has 0 saturated heterocycles. The van der Waals surface area contributed by atoms with Gasteiger partial charge in [0.25, 0.3) is 0 Å². The number of aliphatic imine (C=N–C) groups is 1. The Kier molecular flexibility index (Phi) is 7.80. The first-order valence-electron chi connectivity index (χ1n) is 5.76. The number of hydrogen-bond acceptors (Lipinski definition) is 1. The van der Waals surface area contributed by atoms with Gasteiger partial charge in [0, 0.05) is 6.54 Å². The predicted octanol–water partition coefficient (Wildman–Crippen LogP) is 2.52. The van der Waals surface area contributed by atoms with Crippen molar-refractivity contribution in [3.8, 4) is 0 Å². The summed E-state index contributed by atoms with van der Waals surface area (Å²) in [6, 6.07) is 0. The summed E-state index contributed by atoms with van der Waals surface area (Å²) < 4.78 is 0. The zero-order valence-electron chi connectivity index (χ0n) is 10.3. The third-order valence-corrected chi connectivity index (χ3v) is 2.89. The molecule has 4 heteroatoms. The molecule has 94 valence electrons. The third-order valence-electron chi connectivity index (χ3n) is 2.89. The lowest BCUT2D eigenvalue weighted by Gasteiger charge is -2.11. The van der Waals surface area contributed by atoms with Crippen LogP contribution in [0.15, 0.2) is 17.1 Å². The number of nitrogens with one attached hydrogen (secondary N) is 1. The Morgan fingerprint density at radius 3 is 2.69 bits per heavy atom. The van der Waals surface area contributed by atoms with Crippen molar-refractivity contribution in [2.75, 3.05) is 13.1 Å². The van der Waals surface area contributed by atoms with Gasteiger partial charge in [-0.2, -0.15) is 0 Å². The molecule has 1 saturated carbocycles. The van der Waals surface area contributed by atoms with E-state index in [4.69, 9.17) is 5.73 Å². The van der Waals surface area contributed by atoms with Gasteiger partial charge in [-0.05, 0) is 31.6 Å². The molecule has 0 aromatic heterocycles. The third kappa shape index (κ3) is 6.35. The Balaban J connectivity index is 0.00000225. The van der Waals surface area contributed by atoms with E-state index >= 15 is 0 Å². The molecule has 1 aliphatic carbocycles. The van der Waals surface area contributed by atoms with Gasteiger partial charge in [-0.3, -0.25) is 0 Å². The molecule has 0 aliphatic heterocycles. The maximum absolute atomic E-state index is 5.73. The molecule has 3 N–H and O–H groups in total. The fourth-order valence-electron chi connectivity index (χ4n) is 2.04. The van der Waals surface area contributed by atoms with E-state index in [1.165, 1.54) is 19.3 Å². The molecule has 2 atom stereocenters. The maximum atomic E-state index is 5.73. The van der Waals surface area contributed by atoms with Gasteiger partial charge in [-0.15, -0.1) is 24.0 Å². The molecule has 1 rings (SSSR count). The molecule has 0 aromatic carbocycles. The van der Waals surface area contributed by atoms with Crippen molar-refractivity contribution >= 4 is 29.9 Å². The molecule has 1 fully saturated rings. The summed E-state index contributed by atoms with van der Waals surface area (Å²) in [6.07, 6.45) is 4.00. The molecule has 0 heterocycles. The second-order valence-electron chi connectivity index (χ2n) is 4.82. The van der Waals surface area contributed by atoms with Crippen LogP contribution in [0.5, 0.6) is 0 Å². The largest absolute Gasteiger partial charge is 0.370 e. The van der Waals surface area contributed by atoms with Crippen LogP contribution in [0.3, 0.4) is 0 Å². The minimum Gasteiger partial charge on any atom is -0.370 e. The highest BCUT2D eigenvalue weighted by atomic mass is 127. The Hall–Kier alpha value is -0.260. The molecular formula is C12H24IN3. The second kappa shape index (κ2) is 7.92. The first kappa shape index (κ1) is 15.7. The SMILES string of the molecule is C=C(C)CN=C(N)NCC1CCC(C)C1.I. The van der Waals surface area contributed by atoms with Crippen LogP contribution in [0, 0.1) is 11.8 Å². The summed E-state index contributed by atoms with van der Waals surface area (Å²) in [5.74, 6) is 2.21. The topological polar surface area (TPSA) is 50.4 Å². The Morgan fingerprint density at radius 1 is 1.50 bits per heavy atom.